The zero-order valence-electron chi connectivity index (χ0n) is 9.63. The summed E-state index contributed by atoms with van der Waals surface area (Å²) in [6.45, 7) is 0.666. The molecule has 2 unspecified atom stereocenters. The fourth-order valence-corrected chi connectivity index (χ4v) is 2.24. The van der Waals surface area contributed by atoms with Crippen LogP contribution in [-0.2, 0) is 6.54 Å². The van der Waals surface area contributed by atoms with E-state index in [1.165, 1.54) is 6.07 Å². The zero-order chi connectivity index (χ0) is 12.3. The predicted octanol–water partition coefficient (Wildman–Crippen LogP) is 1.56. The molecule has 1 aliphatic rings. The van der Waals surface area contributed by atoms with Crippen molar-refractivity contribution in [3.05, 3.63) is 39.9 Å². The number of benzene rings is 1. The summed E-state index contributed by atoms with van der Waals surface area (Å²) in [5.74, 6) is 0. The third-order valence-electron chi connectivity index (χ3n) is 3.19. The van der Waals surface area contributed by atoms with Crippen LogP contribution in [0.5, 0.6) is 0 Å². The molecule has 3 N–H and O–H groups in total. The maximum atomic E-state index is 10.6. The van der Waals surface area contributed by atoms with E-state index < -0.39 is 0 Å². The van der Waals surface area contributed by atoms with Gasteiger partial charge in [-0.1, -0.05) is 12.1 Å². The highest BCUT2D eigenvalue weighted by molar-refractivity contribution is 5.34. The normalized spacial score (nSPS) is 23.8. The molecular weight excluding hydrogens is 218 g/mol. The number of non-ortho nitro benzene ring substituents is 1. The SMILES string of the molecule is NC1CCC(NCc2cccc([N+](=O)[O-])c2)C1. The number of hydrogen-bond donors (Lipinski definition) is 2. The van der Waals surface area contributed by atoms with Gasteiger partial charge in [0.05, 0.1) is 4.92 Å². The van der Waals surface area contributed by atoms with E-state index in [0.29, 0.717) is 18.6 Å². The van der Waals surface area contributed by atoms with Gasteiger partial charge in [0.1, 0.15) is 0 Å². The van der Waals surface area contributed by atoms with Crippen molar-refractivity contribution in [2.75, 3.05) is 0 Å². The average Bonchev–Trinajstić information content (AvgIpc) is 2.73. The molecular formula is C12H17N3O2. The van der Waals surface area contributed by atoms with Gasteiger partial charge in [-0.05, 0) is 24.8 Å². The van der Waals surface area contributed by atoms with E-state index in [2.05, 4.69) is 5.32 Å². The minimum Gasteiger partial charge on any atom is -0.328 e. The molecule has 1 aliphatic carbocycles. The average molecular weight is 235 g/mol. The quantitative estimate of drug-likeness (QED) is 0.613. The summed E-state index contributed by atoms with van der Waals surface area (Å²) in [5, 5.41) is 14.0. The van der Waals surface area contributed by atoms with E-state index in [9.17, 15) is 10.1 Å². The standard InChI is InChI=1S/C12H17N3O2/c13-10-4-5-11(7-10)14-8-9-2-1-3-12(6-9)15(16)17/h1-3,6,10-11,14H,4-5,7-8,13H2. The monoisotopic (exact) mass is 235 g/mol. The molecule has 0 aliphatic heterocycles. The van der Waals surface area contributed by atoms with Crippen molar-refractivity contribution in [3.63, 3.8) is 0 Å². The van der Waals surface area contributed by atoms with Gasteiger partial charge < -0.3 is 11.1 Å². The van der Waals surface area contributed by atoms with Gasteiger partial charge in [0.2, 0.25) is 0 Å². The van der Waals surface area contributed by atoms with Gasteiger partial charge in [-0.15, -0.1) is 0 Å². The molecule has 5 nitrogen and oxygen atoms in total. The summed E-state index contributed by atoms with van der Waals surface area (Å²) in [6.07, 6.45) is 3.15. The second kappa shape index (κ2) is 5.25. The van der Waals surface area contributed by atoms with E-state index >= 15 is 0 Å². The second-order valence-electron chi connectivity index (χ2n) is 4.58. The molecule has 1 aromatic carbocycles. The van der Waals surface area contributed by atoms with Crippen LogP contribution < -0.4 is 11.1 Å². The Labute approximate surface area is 100 Å². The zero-order valence-corrected chi connectivity index (χ0v) is 9.63. The smallest absolute Gasteiger partial charge is 0.269 e. The molecule has 0 heterocycles. The summed E-state index contributed by atoms with van der Waals surface area (Å²) in [7, 11) is 0. The lowest BCUT2D eigenvalue weighted by atomic mass is 10.1. The number of rotatable bonds is 4. The van der Waals surface area contributed by atoms with E-state index in [1.54, 1.807) is 12.1 Å². The first-order valence-electron chi connectivity index (χ1n) is 5.87. The molecule has 0 saturated heterocycles. The van der Waals surface area contributed by atoms with Crippen LogP contribution in [0, 0.1) is 10.1 Å². The van der Waals surface area contributed by atoms with Crippen LogP contribution in [0.3, 0.4) is 0 Å². The number of nitro groups is 1. The van der Waals surface area contributed by atoms with Gasteiger partial charge in [-0.3, -0.25) is 10.1 Å². The van der Waals surface area contributed by atoms with Crippen molar-refractivity contribution in [1.82, 2.24) is 5.32 Å². The van der Waals surface area contributed by atoms with Gasteiger partial charge in [0.15, 0.2) is 0 Å². The van der Waals surface area contributed by atoms with Crippen LogP contribution in [0.25, 0.3) is 0 Å². The Morgan fingerprint density at radius 1 is 1.47 bits per heavy atom. The first-order valence-corrected chi connectivity index (χ1v) is 5.87. The van der Waals surface area contributed by atoms with Crippen molar-refractivity contribution in [1.29, 1.82) is 0 Å². The van der Waals surface area contributed by atoms with E-state index in [4.69, 9.17) is 5.73 Å². The molecule has 1 saturated carbocycles. The van der Waals surface area contributed by atoms with Gasteiger partial charge in [0, 0.05) is 30.8 Å². The number of nitro benzene ring substituents is 1. The molecule has 0 radical (unpaired) electrons. The summed E-state index contributed by atoms with van der Waals surface area (Å²) >= 11 is 0. The molecule has 2 rings (SSSR count). The summed E-state index contributed by atoms with van der Waals surface area (Å²) in [6, 6.07) is 7.49. The summed E-state index contributed by atoms with van der Waals surface area (Å²) < 4.78 is 0. The Bertz CT molecular complexity index is 408. The van der Waals surface area contributed by atoms with Crippen molar-refractivity contribution >= 4 is 5.69 Å². The number of nitrogens with one attached hydrogen (secondary N) is 1. The molecule has 2 atom stereocenters. The molecule has 1 fully saturated rings. The first kappa shape index (κ1) is 12.0. The minimum absolute atomic E-state index is 0.146. The van der Waals surface area contributed by atoms with Gasteiger partial charge in [0.25, 0.3) is 5.69 Å². The van der Waals surface area contributed by atoms with Gasteiger partial charge in [-0.25, -0.2) is 0 Å². The van der Waals surface area contributed by atoms with E-state index in [-0.39, 0.29) is 10.6 Å². The Morgan fingerprint density at radius 2 is 2.29 bits per heavy atom. The lowest BCUT2D eigenvalue weighted by molar-refractivity contribution is -0.384. The fourth-order valence-electron chi connectivity index (χ4n) is 2.24. The lowest BCUT2D eigenvalue weighted by Crippen LogP contribution is -2.27. The summed E-state index contributed by atoms with van der Waals surface area (Å²) in [4.78, 5) is 10.3. The first-order chi connectivity index (χ1) is 8.15. The maximum absolute atomic E-state index is 10.6. The maximum Gasteiger partial charge on any atom is 0.269 e. The molecule has 0 aromatic heterocycles. The molecule has 17 heavy (non-hydrogen) atoms. The number of nitrogens with zero attached hydrogens (tertiary/aromatic N) is 1. The van der Waals surface area contributed by atoms with Crippen LogP contribution in [0.15, 0.2) is 24.3 Å². The highest BCUT2D eigenvalue weighted by Gasteiger charge is 2.20. The third-order valence-corrected chi connectivity index (χ3v) is 3.19. The second-order valence-corrected chi connectivity index (χ2v) is 4.58. The van der Waals surface area contributed by atoms with Crippen molar-refractivity contribution in [2.24, 2.45) is 5.73 Å². The molecule has 0 amide bonds. The number of nitrogens with two attached hydrogens (primary N) is 1. The minimum atomic E-state index is -0.366. The van der Waals surface area contributed by atoms with E-state index in [1.807, 2.05) is 6.07 Å². The fraction of sp³-hybridized carbons (Fsp3) is 0.500. The molecule has 0 spiro atoms. The largest absolute Gasteiger partial charge is 0.328 e. The van der Waals surface area contributed by atoms with Crippen LogP contribution in [-0.4, -0.2) is 17.0 Å². The Hall–Kier alpha value is -1.46. The van der Waals surface area contributed by atoms with Crippen molar-refractivity contribution in [3.8, 4) is 0 Å². The van der Waals surface area contributed by atoms with Crippen molar-refractivity contribution < 1.29 is 4.92 Å². The molecule has 0 bridgehead atoms. The molecule has 92 valence electrons. The van der Waals surface area contributed by atoms with Crippen molar-refractivity contribution in [2.45, 2.75) is 37.9 Å². The van der Waals surface area contributed by atoms with Crippen LogP contribution in [0.4, 0.5) is 5.69 Å². The van der Waals surface area contributed by atoms with E-state index in [0.717, 1.165) is 24.8 Å². The Morgan fingerprint density at radius 3 is 2.94 bits per heavy atom. The predicted molar refractivity (Wildman–Crippen MR) is 65.6 cm³/mol. The van der Waals surface area contributed by atoms with Crippen LogP contribution >= 0.6 is 0 Å². The summed E-state index contributed by atoms with van der Waals surface area (Å²) in [5.41, 5.74) is 6.92. The topological polar surface area (TPSA) is 81.2 Å². The Kier molecular flexibility index (Phi) is 3.71. The number of hydrogen-bond acceptors (Lipinski definition) is 4. The molecule has 5 heteroatoms. The van der Waals surface area contributed by atoms with Gasteiger partial charge in [-0.2, -0.15) is 0 Å². The lowest BCUT2D eigenvalue weighted by Gasteiger charge is -2.11. The Balaban J connectivity index is 1.90. The van der Waals surface area contributed by atoms with Crippen LogP contribution in [0.2, 0.25) is 0 Å². The van der Waals surface area contributed by atoms with Gasteiger partial charge >= 0.3 is 0 Å². The highest BCUT2D eigenvalue weighted by Crippen LogP contribution is 2.18. The molecule has 1 aromatic rings. The van der Waals surface area contributed by atoms with Crippen LogP contribution in [0.1, 0.15) is 24.8 Å². The third kappa shape index (κ3) is 3.25. The highest BCUT2D eigenvalue weighted by atomic mass is 16.6.